The Morgan fingerprint density at radius 1 is 0.791 bits per heavy atom. The number of hydrogen-bond acceptors (Lipinski definition) is 7. The van der Waals surface area contributed by atoms with Crippen LogP contribution in [0.4, 0.5) is 11.4 Å². The van der Waals surface area contributed by atoms with Crippen LogP contribution in [0.1, 0.15) is 39.1 Å². The summed E-state index contributed by atoms with van der Waals surface area (Å²) in [5.74, 6) is -0.291. The van der Waals surface area contributed by atoms with Crippen molar-refractivity contribution in [3.8, 4) is 11.1 Å². The number of nitrogens with one attached hydrogen (secondary N) is 1. The lowest BCUT2D eigenvalue weighted by atomic mass is 10.0. The van der Waals surface area contributed by atoms with Gasteiger partial charge in [0.1, 0.15) is 0 Å². The van der Waals surface area contributed by atoms with Gasteiger partial charge < -0.3 is 25.8 Å². The zero-order valence-corrected chi connectivity index (χ0v) is 25.2. The van der Waals surface area contributed by atoms with Crippen molar-refractivity contribution in [3.63, 3.8) is 0 Å². The second kappa shape index (κ2) is 15.6. The van der Waals surface area contributed by atoms with Crippen molar-refractivity contribution in [2.75, 3.05) is 57.5 Å². The molecule has 0 saturated carbocycles. The van der Waals surface area contributed by atoms with Gasteiger partial charge in [0.05, 0.1) is 22.5 Å². The van der Waals surface area contributed by atoms with Crippen molar-refractivity contribution >= 4 is 23.2 Å². The number of amides is 2. The molecule has 0 fully saturated rings. The number of nitrogens with zero attached hydrogens (tertiary/aromatic N) is 5. The summed E-state index contributed by atoms with van der Waals surface area (Å²) in [6, 6.07) is 21.3. The van der Waals surface area contributed by atoms with Crippen molar-refractivity contribution < 1.29 is 9.59 Å². The number of aromatic nitrogens is 2. The van der Waals surface area contributed by atoms with Gasteiger partial charge in [-0.1, -0.05) is 24.3 Å². The molecule has 0 radical (unpaired) electrons. The molecule has 0 aliphatic rings. The minimum atomic E-state index is -0.216. The molecule has 3 N–H and O–H groups in total. The Labute approximate surface area is 254 Å². The van der Waals surface area contributed by atoms with Gasteiger partial charge in [-0.25, -0.2) is 0 Å². The van der Waals surface area contributed by atoms with Gasteiger partial charge in [-0.05, 0) is 99.2 Å². The lowest BCUT2D eigenvalue weighted by Gasteiger charge is -2.24. The zero-order chi connectivity index (χ0) is 30.6. The summed E-state index contributed by atoms with van der Waals surface area (Å²) in [5, 5.41) is 3.12. The maximum atomic E-state index is 13.3. The van der Waals surface area contributed by atoms with Crippen LogP contribution in [0.5, 0.6) is 0 Å². The average Bonchev–Trinajstić information content (AvgIpc) is 3.03. The van der Waals surface area contributed by atoms with Gasteiger partial charge in [0.2, 0.25) is 0 Å². The third kappa shape index (κ3) is 8.94. The van der Waals surface area contributed by atoms with Gasteiger partial charge in [0.25, 0.3) is 11.8 Å². The Morgan fingerprint density at radius 2 is 1.51 bits per heavy atom. The van der Waals surface area contributed by atoms with Crippen LogP contribution >= 0.6 is 0 Å². The average molecular weight is 580 g/mol. The number of pyridine rings is 2. The number of nitrogens with two attached hydrogens (primary N) is 1. The Kier molecular flexibility index (Phi) is 11.4. The summed E-state index contributed by atoms with van der Waals surface area (Å²) in [7, 11) is 6.17. The fourth-order valence-corrected chi connectivity index (χ4v) is 4.86. The highest BCUT2D eigenvalue weighted by molar-refractivity contribution is 6.06. The Hall–Kier alpha value is -4.60. The second-order valence-corrected chi connectivity index (χ2v) is 10.8. The van der Waals surface area contributed by atoms with E-state index in [0.717, 1.165) is 47.6 Å². The summed E-state index contributed by atoms with van der Waals surface area (Å²) in [6.07, 6.45) is 8.15. The highest BCUT2D eigenvalue weighted by Crippen LogP contribution is 2.32. The normalized spacial score (nSPS) is 10.9. The zero-order valence-electron chi connectivity index (χ0n) is 25.2. The smallest absolute Gasteiger partial charge is 0.257 e. The molecule has 0 bridgehead atoms. The first-order valence-corrected chi connectivity index (χ1v) is 14.6. The topological polar surface area (TPSA) is 108 Å². The van der Waals surface area contributed by atoms with E-state index < -0.39 is 0 Å². The van der Waals surface area contributed by atoms with Gasteiger partial charge in [-0.3, -0.25) is 19.6 Å². The molecule has 0 aliphatic carbocycles. The van der Waals surface area contributed by atoms with Crippen LogP contribution in [0.25, 0.3) is 11.1 Å². The van der Waals surface area contributed by atoms with E-state index >= 15 is 0 Å². The van der Waals surface area contributed by atoms with E-state index in [2.05, 4.69) is 57.4 Å². The first-order valence-electron chi connectivity index (χ1n) is 14.6. The van der Waals surface area contributed by atoms with Crippen LogP contribution in [0.15, 0.2) is 91.5 Å². The molecule has 2 heterocycles. The third-order valence-corrected chi connectivity index (χ3v) is 7.14. The van der Waals surface area contributed by atoms with Gasteiger partial charge in [-0.15, -0.1) is 0 Å². The molecule has 0 unspecified atom stereocenters. The molecule has 4 rings (SSSR count). The second-order valence-electron chi connectivity index (χ2n) is 10.8. The van der Waals surface area contributed by atoms with E-state index in [1.165, 1.54) is 0 Å². The fraction of sp³-hybridized carbons (Fsp3) is 0.294. The quantitative estimate of drug-likeness (QED) is 0.222. The van der Waals surface area contributed by atoms with Crippen molar-refractivity contribution in [1.82, 2.24) is 19.8 Å². The van der Waals surface area contributed by atoms with Gasteiger partial charge in [0, 0.05) is 51.5 Å². The number of benzene rings is 2. The summed E-state index contributed by atoms with van der Waals surface area (Å²) in [5.41, 5.74) is 11.4. The van der Waals surface area contributed by atoms with Gasteiger partial charge in [0.15, 0.2) is 0 Å². The van der Waals surface area contributed by atoms with E-state index in [-0.39, 0.29) is 11.8 Å². The lowest BCUT2D eigenvalue weighted by Crippen LogP contribution is -2.32. The van der Waals surface area contributed by atoms with Crippen LogP contribution in [0.2, 0.25) is 0 Å². The Morgan fingerprint density at radius 3 is 2.19 bits per heavy atom. The van der Waals surface area contributed by atoms with Gasteiger partial charge >= 0.3 is 0 Å². The maximum absolute atomic E-state index is 13.3. The summed E-state index contributed by atoms with van der Waals surface area (Å²) >= 11 is 0. The summed E-state index contributed by atoms with van der Waals surface area (Å²) in [6.45, 7) is 3.30. The van der Waals surface area contributed by atoms with Crippen LogP contribution in [-0.4, -0.2) is 78.9 Å². The van der Waals surface area contributed by atoms with E-state index in [1.54, 1.807) is 49.1 Å². The Balaban J connectivity index is 1.61. The molecule has 2 aromatic carbocycles. The minimum absolute atomic E-state index is 0.0750. The van der Waals surface area contributed by atoms with Crippen LogP contribution < -0.4 is 16.0 Å². The number of carbonyl (C=O) groups excluding carboxylic acids is 2. The number of carbonyl (C=O) groups is 2. The van der Waals surface area contributed by atoms with E-state index in [0.29, 0.717) is 37.2 Å². The molecular formula is C34H41N7O2. The van der Waals surface area contributed by atoms with E-state index in [4.69, 9.17) is 5.73 Å². The van der Waals surface area contributed by atoms with E-state index in [9.17, 15) is 9.59 Å². The van der Waals surface area contributed by atoms with Crippen molar-refractivity contribution in [2.24, 2.45) is 5.73 Å². The highest BCUT2D eigenvalue weighted by atomic mass is 16.2. The predicted molar refractivity (Wildman–Crippen MR) is 173 cm³/mol. The number of anilines is 2. The molecule has 43 heavy (non-hydrogen) atoms. The highest BCUT2D eigenvalue weighted by Gasteiger charge is 2.17. The van der Waals surface area contributed by atoms with Crippen LogP contribution in [0.3, 0.4) is 0 Å². The molecule has 0 atom stereocenters. The number of hydrogen-bond donors (Lipinski definition) is 2. The molecule has 9 nitrogen and oxygen atoms in total. The van der Waals surface area contributed by atoms with Crippen LogP contribution in [0, 0.1) is 0 Å². The third-order valence-electron chi connectivity index (χ3n) is 7.14. The summed E-state index contributed by atoms with van der Waals surface area (Å²) in [4.78, 5) is 40.8. The maximum Gasteiger partial charge on any atom is 0.257 e. The van der Waals surface area contributed by atoms with Crippen molar-refractivity contribution in [2.45, 2.75) is 19.4 Å². The van der Waals surface area contributed by atoms with E-state index in [1.807, 2.05) is 36.2 Å². The van der Waals surface area contributed by atoms with Crippen molar-refractivity contribution in [3.05, 3.63) is 108 Å². The monoisotopic (exact) mass is 579 g/mol. The lowest BCUT2D eigenvalue weighted by molar-refractivity contribution is 0.0741. The molecule has 0 spiro atoms. The summed E-state index contributed by atoms with van der Waals surface area (Å²) < 4.78 is 0. The fourth-order valence-electron chi connectivity index (χ4n) is 4.86. The number of rotatable bonds is 14. The molecule has 224 valence electrons. The minimum Gasteiger partial charge on any atom is -0.373 e. The van der Waals surface area contributed by atoms with Crippen molar-refractivity contribution in [1.29, 1.82) is 0 Å². The molecule has 0 aliphatic heterocycles. The first-order chi connectivity index (χ1) is 20.9. The standard InChI is InChI=1S/C34H41N7O2/c1-39(2)18-8-19-40(3)32-14-13-28(22-31(32)38-33(42)29-11-5-16-36-23-29)27-10-4-9-26(21-27)25-41(20-7-15-35)34(43)30-12-6-17-37-24-30/h4-6,9-14,16-17,21-24H,7-8,15,18-20,25,35H2,1-3H3,(H,38,42). The largest absolute Gasteiger partial charge is 0.373 e. The molecule has 0 saturated heterocycles. The molecule has 9 heteroatoms. The SMILES string of the molecule is CN(C)CCCN(C)c1ccc(-c2cccc(CN(CCCN)C(=O)c3cccnc3)c2)cc1NC(=O)c1cccnc1. The molecule has 2 aromatic heterocycles. The molecule has 4 aromatic rings. The van der Waals surface area contributed by atoms with Gasteiger partial charge in [-0.2, -0.15) is 0 Å². The first kappa shape index (κ1) is 31.3. The van der Waals surface area contributed by atoms with Crippen LogP contribution in [-0.2, 0) is 6.54 Å². The molecule has 2 amide bonds. The molecular weight excluding hydrogens is 538 g/mol. The predicted octanol–water partition coefficient (Wildman–Crippen LogP) is 4.78. The Bertz CT molecular complexity index is 1480.